The van der Waals surface area contributed by atoms with Gasteiger partial charge in [-0.05, 0) is 43.7 Å². The highest BCUT2D eigenvalue weighted by molar-refractivity contribution is 5.91. The second-order valence-corrected chi connectivity index (χ2v) is 6.97. The minimum absolute atomic E-state index is 0.0590. The Labute approximate surface area is 166 Å². The molecule has 3 rings (SSSR count). The van der Waals surface area contributed by atoms with E-state index in [1.54, 1.807) is 19.2 Å². The second-order valence-electron chi connectivity index (χ2n) is 6.97. The number of carbonyl (C=O) groups is 1. The Morgan fingerprint density at radius 2 is 1.82 bits per heavy atom. The maximum absolute atomic E-state index is 12.4. The number of carbonyl (C=O) groups excluding carboxylic acids is 1. The number of nitrogens with one attached hydrogen (secondary N) is 1. The van der Waals surface area contributed by atoms with E-state index in [4.69, 9.17) is 9.15 Å². The summed E-state index contributed by atoms with van der Waals surface area (Å²) in [6.45, 7) is 7.45. The van der Waals surface area contributed by atoms with Crippen LogP contribution in [0.5, 0.6) is 5.75 Å². The topological polar surface area (TPSA) is 70.3 Å². The summed E-state index contributed by atoms with van der Waals surface area (Å²) in [6, 6.07) is 11.5. The van der Waals surface area contributed by atoms with Crippen molar-refractivity contribution in [2.45, 2.75) is 26.5 Å². The van der Waals surface area contributed by atoms with E-state index < -0.39 is 0 Å². The fourth-order valence-corrected chi connectivity index (χ4v) is 3.15. The summed E-state index contributed by atoms with van der Waals surface area (Å²) in [5, 5.41) is 3.40. The summed E-state index contributed by atoms with van der Waals surface area (Å²) in [7, 11) is 1.78. The summed E-state index contributed by atoms with van der Waals surface area (Å²) in [6.07, 6.45) is 1.69. The van der Waals surface area contributed by atoms with Crippen LogP contribution >= 0.6 is 0 Å². The lowest BCUT2D eigenvalue weighted by atomic mass is 10.2. The minimum Gasteiger partial charge on any atom is -0.491 e. The van der Waals surface area contributed by atoms with E-state index in [-0.39, 0.29) is 12.0 Å². The zero-order chi connectivity index (χ0) is 19.9. The molecule has 0 unspecified atom stereocenters. The Hall–Kier alpha value is -2.96. The number of furan rings is 1. The van der Waals surface area contributed by atoms with Crippen LogP contribution < -0.4 is 10.1 Å². The smallest absolute Gasteiger partial charge is 0.289 e. The van der Waals surface area contributed by atoms with Gasteiger partial charge in [0, 0.05) is 39.8 Å². The molecule has 1 N–H and O–H groups in total. The van der Waals surface area contributed by atoms with Gasteiger partial charge < -0.3 is 24.3 Å². The first-order valence-electron chi connectivity index (χ1n) is 9.61. The molecule has 0 spiro atoms. The van der Waals surface area contributed by atoms with Gasteiger partial charge in [-0.3, -0.25) is 9.79 Å². The van der Waals surface area contributed by atoms with Crippen LogP contribution in [0.4, 0.5) is 0 Å². The van der Waals surface area contributed by atoms with Gasteiger partial charge in [0.15, 0.2) is 11.7 Å². The molecule has 150 valence electrons. The summed E-state index contributed by atoms with van der Waals surface area (Å²) in [4.78, 5) is 20.7. The number of nitrogens with zero attached hydrogens (tertiary/aromatic N) is 3. The molecule has 7 heteroatoms. The van der Waals surface area contributed by atoms with Crippen LogP contribution in [0.25, 0.3) is 0 Å². The highest BCUT2D eigenvalue weighted by Crippen LogP contribution is 2.14. The molecule has 2 heterocycles. The molecule has 0 bridgehead atoms. The van der Waals surface area contributed by atoms with Crippen molar-refractivity contribution >= 4 is 11.9 Å². The average molecular weight is 384 g/mol. The first-order valence-corrected chi connectivity index (χ1v) is 9.61. The Balaban J connectivity index is 1.49. The number of piperazine rings is 1. The molecule has 1 aliphatic heterocycles. The molecule has 1 saturated heterocycles. The molecular formula is C21H28N4O3. The van der Waals surface area contributed by atoms with E-state index in [0.717, 1.165) is 30.4 Å². The van der Waals surface area contributed by atoms with Gasteiger partial charge in [0.1, 0.15) is 5.75 Å². The van der Waals surface area contributed by atoms with E-state index in [1.807, 2.05) is 30.9 Å². The summed E-state index contributed by atoms with van der Waals surface area (Å²) < 4.78 is 10.9. The SMILES string of the molecule is CN=C(NCc1ccc(OC(C)C)cc1)N1CCN(C(=O)c2ccco2)CC1. The first kappa shape index (κ1) is 19.8. The van der Waals surface area contributed by atoms with Gasteiger partial charge in [-0.15, -0.1) is 0 Å². The first-order chi connectivity index (χ1) is 13.6. The normalized spacial score (nSPS) is 15.1. The zero-order valence-corrected chi connectivity index (χ0v) is 16.7. The minimum atomic E-state index is -0.0590. The molecule has 0 saturated carbocycles. The summed E-state index contributed by atoms with van der Waals surface area (Å²) in [5.41, 5.74) is 1.16. The molecule has 1 aromatic carbocycles. The second kappa shape index (κ2) is 9.30. The average Bonchev–Trinajstić information content (AvgIpc) is 3.24. The van der Waals surface area contributed by atoms with E-state index in [1.165, 1.54) is 6.26 Å². The van der Waals surface area contributed by atoms with Crippen LogP contribution in [-0.2, 0) is 6.54 Å². The Bertz CT molecular complexity index is 776. The van der Waals surface area contributed by atoms with Gasteiger partial charge in [0.05, 0.1) is 12.4 Å². The number of ether oxygens (including phenoxy) is 1. The lowest BCUT2D eigenvalue weighted by Crippen LogP contribution is -2.53. The van der Waals surface area contributed by atoms with Crippen LogP contribution in [-0.4, -0.2) is 61.0 Å². The summed E-state index contributed by atoms with van der Waals surface area (Å²) in [5.74, 6) is 2.05. The van der Waals surface area contributed by atoms with Crippen molar-refractivity contribution in [1.82, 2.24) is 15.1 Å². The standard InChI is InChI=1S/C21H28N4O3/c1-16(2)28-18-8-6-17(7-9-18)15-23-21(22-3)25-12-10-24(11-13-25)20(26)19-5-4-14-27-19/h4-9,14,16H,10-13,15H2,1-3H3,(H,22,23). The van der Waals surface area contributed by atoms with Crippen molar-refractivity contribution in [1.29, 1.82) is 0 Å². The predicted octanol–water partition coefficient (Wildman–Crippen LogP) is 2.60. The predicted molar refractivity (Wildman–Crippen MR) is 109 cm³/mol. The van der Waals surface area contributed by atoms with Crippen molar-refractivity contribution in [3.05, 3.63) is 54.0 Å². The lowest BCUT2D eigenvalue weighted by molar-refractivity contribution is 0.0657. The number of hydrogen-bond acceptors (Lipinski definition) is 4. The number of aliphatic imine (C=N–C) groups is 1. The Kier molecular flexibility index (Phi) is 6.57. The Morgan fingerprint density at radius 3 is 2.39 bits per heavy atom. The van der Waals surface area contributed by atoms with Crippen molar-refractivity contribution < 1.29 is 13.9 Å². The lowest BCUT2D eigenvalue weighted by Gasteiger charge is -2.36. The number of rotatable bonds is 5. The van der Waals surface area contributed by atoms with E-state index in [0.29, 0.717) is 25.4 Å². The van der Waals surface area contributed by atoms with Gasteiger partial charge >= 0.3 is 0 Å². The fourth-order valence-electron chi connectivity index (χ4n) is 3.15. The maximum Gasteiger partial charge on any atom is 0.289 e. The molecule has 2 aromatic rings. The van der Waals surface area contributed by atoms with Gasteiger partial charge in [0.2, 0.25) is 0 Å². The van der Waals surface area contributed by atoms with Crippen molar-refractivity contribution in [2.75, 3.05) is 33.2 Å². The number of benzene rings is 1. The van der Waals surface area contributed by atoms with Crippen LogP contribution in [0.1, 0.15) is 30.0 Å². The van der Waals surface area contributed by atoms with Crippen molar-refractivity contribution in [3.8, 4) is 5.75 Å². The van der Waals surface area contributed by atoms with Crippen LogP contribution in [0.15, 0.2) is 52.1 Å². The molecular weight excluding hydrogens is 356 g/mol. The Morgan fingerprint density at radius 1 is 1.14 bits per heavy atom. The summed E-state index contributed by atoms with van der Waals surface area (Å²) >= 11 is 0. The molecule has 0 aliphatic carbocycles. The van der Waals surface area contributed by atoms with Crippen LogP contribution in [0.3, 0.4) is 0 Å². The van der Waals surface area contributed by atoms with Gasteiger partial charge in [-0.1, -0.05) is 12.1 Å². The van der Waals surface area contributed by atoms with E-state index >= 15 is 0 Å². The van der Waals surface area contributed by atoms with Crippen molar-refractivity contribution in [3.63, 3.8) is 0 Å². The van der Waals surface area contributed by atoms with E-state index in [9.17, 15) is 4.79 Å². The van der Waals surface area contributed by atoms with Crippen LogP contribution in [0, 0.1) is 0 Å². The molecule has 1 amide bonds. The molecule has 1 aliphatic rings. The fraction of sp³-hybridized carbons (Fsp3) is 0.429. The third kappa shape index (κ3) is 5.06. The molecule has 1 aromatic heterocycles. The third-order valence-corrected chi connectivity index (χ3v) is 4.56. The van der Waals surface area contributed by atoms with Crippen molar-refractivity contribution in [2.24, 2.45) is 4.99 Å². The third-order valence-electron chi connectivity index (χ3n) is 4.56. The number of amides is 1. The number of guanidine groups is 1. The number of hydrogen-bond donors (Lipinski definition) is 1. The quantitative estimate of drug-likeness (QED) is 0.634. The maximum atomic E-state index is 12.4. The largest absolute Gasteiger partial charge is 0.491 e. The van der Waals surface area contributed by atoms with E-state index in [2.05, 4.69) is 27.3 Å². The monoisotopic (exact) mass is 384 g/mol. The molecule has 0 radical (unpaired) electrons. The van der Waals surface area contributed by atoms with Gasteiger partial charge in [-0.2, -0.15) is 0 Å². The molecule has 28 heavy (non-hydrogen) atoms. The van der Waals surface area contributed by atoms with Gasteiger partial charge in [-0.25, -0.2) is 0 Å². The van der Waals surface area contributed by atoms with Crippen LogP contribution in [0.2, 0.25) is 0 Å². The highest BCUT2D eigenvalue weighted by Gasteiger charge is 2.25. The molecule has 1 fully saturated rings. The van der Waals surface area contributed by atoms with Gasteiger partial charge in [0.25, 0.3) is 5.91 Å². The zero-order valence-electron chi connectivity index (χ0n) is 16.7. The highest BCUT2D eigenvalue weighted by atomic mass is 16.5. The molecule has 0 atom stereocenters. The molecule has 7 nitrogen and oxygen atoms in total.